The Labute approximate surface area is 346 Å². The lowest BCUT2D eigenvalue weighted by Gasteiger charge is -2.31. The Bertz CT molecular complexity index is 2500. The van der Waals surface area contributed by atoms with Gasteiger partial charge in [0.2, 0.25) is 23.6 Å². The number of amides is 6. The van der Waals surface area contributed by atoms with Crippen LogP contribution in [0, 0.1) is 12.7 Å². The van der Waals surface area contributed by atoms with E-state index in [0.29, 0.717) is 62.3 Å². The third-order valence-electron chi connectivity index (χ3n) is 11.6. The number of carbonyl (C=O) groups is 7. The Hall–Kier alpha value is -6.38. The van der Waals surface area contributed by atoms with Gasteiger partial charge in [-0.3, -0.25) is 38.5 Å². The van der Waals surface area contributed by atoms with Gasteiger partial charge < -0.3 is 45.5 Å². The van der Waals surface area contributed by atoms with E-state index in [1.165, 1.54) is 24.5 Å². The largest absolute Gasteiger partial charge is 0.458 e. The molecule has 20 heteroatoms. The lowest BCUT2D eigenvalue weighted by atomic mass is 9.81. The van der Waals surface area contributed by atoms with E-state index < -0.39 is 89.2 Å². The van der Waals surface area contributed by atoms with Crippen molar-refractivity contribution >= 4 is 52.3 Å². The summed E-state index contributed by atoms with van der Waals surface area (Å²) in [7, 11) is 0. The van der Waals surface area contributed by atoms with Crippen molar-refractivity contribution < 1.29 is 57.6 Å². The van der Waals surface area contributed by atoms with E-state index in [4.69, 9.17) is 14.5 Å². The SMILES string of the molecule is CC[C@@]1(O)C(=O)OCc2c1cc1n(c2=O)Cc2c-1nc1cc(F)c(C)c3c1c2[C@@H](NC(=O)[C@H](O)CCOCNC(=O)[C@H](C)NC(=O)[C@H](C)NC(=O)CN1C(=O)C=CC1=O)CC3. The standard InChI is InChI=1S/C41H44FN7O12/c1-5-41(59)24-12-28-35-22(14-48(28)39(57)23(24)16-61-40(41)58)34-26(7-6-21-18(2)25(42)13-27(46-35)33(21)34)47-38(56)29(50)10-11-60-17-43-36(54)19(3)45-37(55)20(4)44-30(51)15-49-31(52)8-9-32(49)53/h8-9,12-13,19-20,26,29,50,59H,5-7,10-11,14-17H2,1-4H3,(H,43,54)(H,44,51)(H,45,55)(H,47,56)/t19-,20-,26-,29+,41-/m0/s1. The van der Waals surface area contributed by atoms with Gasteiger partial charge in [-0.05, 0) is 62.8 Å². The number of aryl methyl sites for hydroxylation is 1. The number of nitrogens with zero attached hydrogens (tertiary/aromatic N) is 3. The van der Waals surface area contributed by atoms with Crippen LogP contribution in [0.2, 0.25) is 0 Å². The number of rotatable bonds is 14. The van der Waals surface area contributed by atoms with E-state index in [1.54, 1.807) is 19.9 Å². The zero-order valence-electron chi connectivity index (χ0n) is 33.7. The number of esters is 1. The van der Waals surface area contributed by atoms with Gasteiger partial charge in [-0.1, -0.05) is 6.92 Å². The Balaban J connectivity index is 0.964. The lowest BCUT2D eigenvalue weighted by molar-refractivity contribution is -0.172. The predicted octanol–water partition coefficient (Wildman–Crippen LogP) is -0.594. The second-order valence-corrected chi connectivity index (χ2v) is 15.4. The summed E-state index contributed by atoms with van der Waals surface area (Å²) in [5.74, 6) is -5.47. The summed E-state index contributed by atoms with van der Waals surface area (Å²) < 4.78 is 27.3. The normalized spacial score (nSPS) is 20.0. The molecule has 61 heavy (non-hydrogen) atoms. The van der Waals surface area contributed by atoms with Crippen LogP contribution in [-0.2, 0) is 68.2 Å². The average molecular weight is 846 g/mol. The van der Waals surface area contributed by atoms with Crippen molar-refractivity contribution in [3.63, 3.8) is 0 Å². The van der Waals surface area contributed by atoms with Gasteiger partial charge in [0.25, 0.3) is 17.4 Å². The highest BCUT2D eigenvalue weighted by atomic mass is 19.1. The highest BCUT2D eigenvalue weighted by Crippen LogP contribution is 2.46. The van der Waals surface area contributed by atoms with Gasteiger partial charge in [-0.2, -0.15) is 0 Å². The average Bonchev–Trinajstić information content (AvgIpc) is 3.76. The first-order valence-electron chi connectivity index (χ1n) is 19.7. The second kappa shape index (κ2) is 16.6. The number of hydrogen-bond donors (Lipinski definition) is 6. The Morgan fingerprint density at radius 1 is 1.02 bits per heavy atom. The number of carbonyl (C=O) groups excluding carboxylic acids is 7. The first-order chi connectivity index (χ1) is 28.9. The van der Waals surface area contributed by atoms with Gasteiger partial charge in [0, 0.05) is 41.2 Å². The third kappa shape index (κ3) is 7.77. The molecule has 1 aromatic carbocycles. The van der Waals surface area contributed by atoms with Crippen molar-refractivity contribution in [2.75, 3.05) is 19.9 Å². The molecule has 7 rings (SSSR count). The summed E-state index contributed by atoms with van der Waals surface area (Å²) in [5, 5.41) is 32.9. The molecule has 0 bridgehead atoms. The van der Waals surface area contributed by atoms with Gasteiger partial charge in [-0.15, -0.1) is 0 Å². The van der Waals surface area contributed by atoms with E-state index >= 15 is 4.39 Å². The first-order valence-corrected chi connectivity index (χ1v) is 19.7. The fraction of sp³-hybridized carbons (Fsp3) is 0.439. The number of pyridine rings is 2. The van der Waals surface area contributed by atoms with Crippen LogP contribution in [0.1, 0.15) is 79.5 Å². The minimum atomic E-state index is -2.05. The molecule has 19 nitrogen and oxygen atoms in total. The van der Waals surface area contributed by atoms with E-state index in [0.717, 1.165) is 12.2 Å². The molecule has 0 saturated heterocycles. The molecule has 322 valence electrons. The third-order valence-corrected chi connectivity index (χ3v) is 11.6. The molecule has 4 aliphatic rings. The number of benzene rings is 1. The monoisotopic (exact) mass is 845 g/mol. The molecule has 1 aliphatic carbocycles. The number of hydrogen-bond acceptors (Lipinski definition) is 13. The maximum Gasteiger partial charge on any atom is 0.343 e. The van der Waals surface area contributed by atoms with E-state index in [2.05, 4.69) is 21.3 Å². The number of aliphatic hydroxyl groups excluding tert-OH is 1. The number of imide groups is 1. The van der Waals surface area contributed by atoms with Crippen LogP contribution >= 0.6 is 0 Å². The van der Waals surface area contributed by atoms with Gasteiger partial charge in [-0.25, -0.2) is 14.2 Å². The van der Waals surface area contributed by atoms with E-state index in [-0.39, 0.29) is 50.5 Å². The van der Waals surface area contributed by atoms with Crippen LogP contribution in [0.4, 0.5) is 4.39 Å². The summed E-state index contributed by atoms with van der Waals surface area (Å²) in [6.45, 7) is 4.67. The lowest BCUT2D eigenvalue weighted by Crippen LogP contribution is -2.53. The number of aromatic nitrogens is 2. The molecular weight excluding hydrogens is 801 g/mol. The fourth-order valence-corrected chi connectivity index (χ4v) is 8.13. The van der Waals surface area contributed by atoms with Gasteiger partial charge in [0.15, 0.2) is 5.60 Å². The maximum atomic E-state index is 15.3. The molecule has 0 fully saturated rings. The summed E-state index contributed by atoms with van der Waals surface area (Å²) in [5.41, 5.74) is 1.04. The van der Waals surface area contributed by atoms with Crippen molar-refractivity contribution in [1.82, 2.24) is 35.7 Å². The Kier molecular flexibility index (Phi) is 11.6. The molecule has 0 radical (unpaired) electrons. The first kappa shape index (κ1) is 42.7. The summed E-state index contributed by atoms with van der Waals surface area (Å²) in [4.78, 5) is 106. The molecule has 5 atom stereocenters. The minimum Gasteiger partial charge on any atom is -0.458 e. The van der Waals surface area contributed by atoms with Crippen molar-refractivity contribution in [2.45, 2.75) is 96.4 Å². The summed E-state index contributed by atoms with van der Waals surface area (Å²) in [6, 6.07) is 0.00404. The van der Waals surface area contributed by atoms with Gasteiger partial charge >= 0.3 is 5.97 Å². The molecule has 0 spiro atoms. The van der Waals surface area contributed by atoms with Crippen LogP contribution in [-0.4, -0.2) is 104 Å². The van der Waals surface area contributed by atoms with E-state index in [9.17, 15) is 48.6 Å². The zero-order chi connectivity index (χ0) is 44.1. The highest BCUT2D eigenvalue weighted by molar-refractivity contribution is 6.14. The number of halogens is 1. The summed E-state index contributed by atoms with van der Waals surface area (Å²) >= 11 is 0. The molecule has 5 heterocycles. The Morgan fingerprint density at radius 2 is 1.72 bits per heavy atom. The maximum absolute atomic E-state index is 15.3. The quantitative estimate of drug-likeness (QED) is 0.0402. The molecule has 0 unspecified atom stereocenters. The second-order valence-electron chi connectivity index (χ2n) is 15.4. The summed E-state index contributed by atoms with van der Waals surface area (Å²) in [6.07, 6.45) is 1.02. The number of cyclic esters (lactones) is 1. The topological polar surface area (TPSA) is 265 Å². The predicted molar refractivity (Wildman–Crippen MR) is 209 cm³/mol. The zero-order valence-corrected chi connectivity index (χ0v) is 33.7. The molecule has 6 N–H and O–H groups in total. The van der Waals surface area contributed by atoms with Crippen molar-refractivity contribution in [1.29, 1.82) is 0 Å². The van der Waals surface area contributed by atoms with Crippen molar-refractivity contribution in [3.8, 4) is 11.4 Å². The number of aliphatic hydroxyl groups is 2. The van der Waals surface area contributed by atoms with Crippen LogP contribution in [0.15, 0.2) is 29.1 Å². The number of ether oxygens (including phenoxy) is 2. The Morgan fingerprint density at radius 3 is 2.43 bits per heavy atom. The molecule has 3 aliphatic heterocycles. The molecular formula is C41H44FN7O12. The number of nitrogens with one attached hydrogen (secondary N) is 4. The van der Waals surface area contributed by atoms with Crippen molar-refractivity contribution in [3.05, 3.63) is 73.8 Å². The number of fused-ring (bicyclic) bond motifs is 5. The van der Waals surface area contributed by atoms with E-state index in [1.807, 2.05) is 0 Å². The van der Waals surface area contributed by atoms with Crippen LogP contribution < -0.4 is 26.8 Å². The molecule has 3 aromatic rings. The highest BCUT2D eigenvalue weighted by Gasteiger charge is 2.46. The fourth-order valence-electron chi connectivity index (χ4n) is 8.13. The van der Waals surface area contributed by atoms with Gasteiger partial charge in [0.1, 0.15) is 43.9 Å². The van der Waals surface area contributed by atoms with Crippen LogP contribution in [0.5, 0.6) is 0 Å². The smallest absolute Gasteiger partial charge is 0.343 e. The van der Waals surface area contributed by atoms with Crippen LogP contribution in [0.3, 0.4) is 0 Å². The van der Waals surface area contributed by atoms with Gasteiger partial charge in [0.05, 0.1) is 41.7 Å². The van der Waals surface area contributed by atoms with Crippen LogP contribution in [0.25, 0.3) is 22.3 Å². The molecule has 0 saturated carbocycles. The van der Waals surface area contributed by atoms with Crippen molar-refractivity contribution in [2.24, 2.45) is 0 Å². The minimum absolute atomic E-state index is 0.0408. The molecule has 6 amide bonds. The molecule has 2 aromatic heterocycles.